The molecule has 24 heavy (non-hydrogen) atoms. The minimum Gasteiger partial charge on any atom is -0.461 e. The molecule has 2 aromatic heterocycles. The van der Waals surface area contributed by atoms with E-state index in [1.54, 1.807) is 25.1 Å². The Bertz CT molecular complexity index is 833. The number of carbonyl (C=O) groups excluding carboxylic acids is 1. The van der Waals surface area contributed by atoms with Crippen LogP contribution in [0.15, 0.2) is 27.1 Å². The average Bonchev–Trinajstić information content (AvgIpc) is 3.15. The van der Waals surface area contributed by atoms with Gasteiger partial charge >= 0.3 is 5.97 Å². The number of hydrogen-bond acceptors (Lipinski definition) is 6. The Morgan fingerprint density at radius 1 is 1.21 bits per heavy atom. The summed E-state index contributed by atoms with van der Waals surface area (Å²) in [6.07, 6.45) is 1.94. The van der Waals surface area contributed by atoms with Gasteiger partial charge in [0, 0.05) is 25.0 Å². The van der Waals surface area contributed by atoms with Crippen LogP contribution in [0.25, 0.3) is 11.1 Å². The number of aryl methyl sites for hydroxylation is 2. The molecule has 8 heteroatoms. The number of fused-ring (bicyclic) bond motifs is 1. The Hall–Kier alpha value is -2.05. The number of aromatic nitrogens is 2. The number of halogens is 2. The van der Waals surface area contributed by atoms with E-state index in [0.29, 0.717) is 52.2 Å². The second kappa shape index (κ2) is 7.23. The smallest absolute Gasteiger partial charge is 0.360 e. The fourth-order valence-corrected chi connectivity index (χ4v) is 2.54. The van der Waals surface area contributed by atoms with Crippen LogP contribution in [0.3, 0.4) is 0 Å². The number of hydrogen-bond donors (Lipinski definition) is 0. The van der Waals surface area contributed by atoms with Gasteiger partial charge in [0.25, 0.3) is 0 Å². The van der Waals surface area contributed by atoms with Crippen LogP contribution in [0.2, 0.25) is 10.0 Å². The fraction of sp³-hybridized carbons (Fsp3) is 0.312. The molecule has 0 radical (unpaired) electrons. The molecular formula is C16H14Cl2N2O4. The first-order chi connectivity index (χ1) is 11.6. The molecule has 2 heterocycles. The highest BCUT2D eigenvalue weighted by atomic mass is 35.5. The Morgan fingerprint density at radius 2 is 2.00 bits per heavy atom. The number of carbonyl (C=O) groups is 1. The SMILES string of the molecule is CCOC(=O)c1cc(CCCc2nc3cc(Cl)c(Cl)cc3o2)on1. The lowest BCUT2D eigenvalue weighted by atomic mass is 10.2. The van der Waals surface area contributed by atoms with Crippen molar-refractivity contribution in [1.29, 1.82) is 0 Å². The van der Waals surface area contributed by atoms with Crippen molar-refractivity contribution < 1.29 is 18.5 Å². The van der Waals surface area contributed by atoms with Crippen molar-refractivity contribution in [3.63, 3.8) is 0 Å². The van der Waals surface area contributed by atoms with Crippen molar-refractivity contribution in [2.45, 2.75) is 26.2 Å². The van der Waals surface area contributed by atoms with E-state index in [0.717, 1.165) is 6.42 Å². The third-order valence-corrected chi connectivity index (χ3v) is 4.05. The van der Waals surface area contributed by atoms with E-state index in [4.69, 9.17) is 36.9 Å². The summed E-state index contributed by atoms with van der Waals surface area (Å²) < 4.78 is 15.6. The third kappa shape index (κ3) is 3.71. The summed E-state index contributed by atoms with van der Waals surface area (Å²) in [5, 5.41) is 4.57. The van der Waals surface area contributed by atoms with Gasteiger partial charge in [0.05, 0.1) is 16.7 Å². The second-order valence-electron chi connectivity index (χ2n) is 5.09. The van der Waals surface area contributed by atoms with Crippen LogP contribution in [-0.4, -0.2) is 22.7 Å². The standard InChI is InChI=1S/C16H14Cl2N2O4/c1-2-22-16(21)13-6-9(24-20-13)4-3-5-15-19-12-7-10(17)11(18)8-14(12)23-15/h6-8H,2-5H2,1H3. The maximum atomic E-state index is 11.5. The van der Waals surface area contributed by atoms with Crippen LogP contribution in [-0.2, 0) is 17.6 Å². The van der Waals surface area contributed by atoms with E-state index in [-0.39, 0.29) is 5.69 Å². The summed E-state index contributed by atoms with van der Waals surface area (Å²) in [4.78, 5) is 15.9. The number of benzene rings is 1. The van der Waals surface area contributed by atoms with E-state index in [1.807, 2.05) is 0 Å². The van der Waals surface area contributed by atoms with Crippen LogP contribution in [0.4, 0.5) is 0 Å². The molecule has 0 aliphatic rings. The summed E-state index contributed by atoms with van der Waals surface area (Å²) in [5.41, 5.74) is 1.45. The van der Waals surface area contributed by atoms with Crippen LogP contribution in [0.5, 0.6) is 0 Å². The molecular weight excluding hydrogens is 355 g/mol. The number of rotatable bonds is 6. The van der Waals surface area contributed by atoms with Gasteiger partial charge in [-0.1, -0.05) is 28.4 Å². The van der Waals surface area contributed by atoms with E-state index in [1.165, 1.54) is 0 Å². The maximum Gasteiger partial charge on any atom is 0.360 e. The van der Waals surface area contributed by atoms with Gasteiger partial charge in [-0.25, -0.2) is 9.78 Å². The van der Waals surface area contributed by atoms with Gasteiger partial charge in [0.2, 0.25) is 0 Å². The Morgan fingerprint density at radius 3 is 2.79 bits per heavy atom. The molecule has 1 aromatic carbocycles. The lowest BCUT2D eigenvalue weighted by Gasteiger charge is -1.94. The Balaban J connectivity index is 1.59. The first kappa shape index (κ1) is 16.8. The molecule has 0 atom stereocenters. The molecule has 0 bridgehead atoms. The molecule has 0 spiro atoms. The molecule has 0 saturated heterocycles. The van der Waals surface area contributed by atoms with E-state index in [9.17, 15) is 4.79 Å². The highest BCUT2D eigenvalue weighted by Gasteiger charge is 2.14. The molecule has 0 N–H and O–H groups in total. The zero-order valence-corrected chi connectivity index (χ0v) is 14.4. The zero-order chi connectivity index (χ0) is 17.1. The van der Waals surface area contributed by atoms with Crippen molar-refractivity contribution >= 4 is 40.3 Å². The molecule has 3 aromatic rings. The lowest BCUT2D eigenvalue weighted by Crippen LogP contribution is -2.04. The van der Waals surface area contributed by atoms with Gasteiger partial charge in [-0.15, -0.1) is 0 Å². The molecule has 6 nitrogen and oxygen atoms in total. The molecule has 3 rings (SSSR count). The summed E-state index contributed by atoms with van der Waals surface area (Å²) >= 11 is 11.9. The summed E-state index contributed by atoms with van der Waals surface area (Å²) in [7, 11) is 0. The molecule has 0 fully saturated rings. The minimum atomic E-state index is -0.486. The van der Waals surface area contributed by atoms with Gasteiger partial charge in [-0.3, -0.25) is 0 Å². The second-order valence-corrected chi connectivity index (χ2v) is 5.91. The molecule has 0 saturated carbocycles. The monoisotopic (exact) mass is 368 g/mol. The Labute approximate surface area is 147 Å². The number of esters is 1. The van der Waals surface area contributed by atoms with Crippen LogP contribution >= 0.6 is 23.2 Å². The topological polar surface area (TPSA) is 78.4 Å². The first-order valence-corrected chi connectivity index (χ1v) is 8.19. The summed E-state index contributed by atoms with van der Waals surface area (Å²) in [6.45, 7) is 2.03. The van der Waals surface area contributed by atoms with Crippen molar-refractivity contribution in [2.75, 3.05) is 6.61 Å². The largest absolute Gasteiger partial charge is 0.461 e. The quantitative estimate of drug-likeness (QED) is 0.597. The van der Waals surface area contributed by atoms with E-state index < -0.39 is 5.97 Å². The van der Waals surface area contributed by atoms with Crippen molar-refractivity contribution in [3.05, 3.63) is 45.6 Å². The fourth-order valence-electron chi connectivity index (χ4n) is 2.22. The van der Waals surface area contributed by atoms with Gasteiger partial charge in [0.1, 0.15) is 11.3 Å². The van der Waals surface area contributed by atoms with Crippen molar-refractivity contribution in [2.24, 2.45) is 0 Å². The number of ether oxygens (including phenoxy) is 1. The average molecular weight is 369 g/mol. The third-order valence-electron chi connectivity index (χ3n) is 3.33. The van der Waals surface area contributed by atoms with Gasteiger partial charge in [-0.05, 0) is 19.4 Å². The molecule has 0 aliphatic carbocycles. The normalized spacial score (nSPS) is 11.1. The Kier molecular flexibility index (Phi) is 5.06. The van der Waals surface area contributed by atoms with Crippen molar-refractivity contribution in [3.8, 4) is 0 Å². The maximum absolute atomic E-state index is 11.5. The number of nitrogens with zero attached hydrogens (tertiary/aromatic N) is 2. The van der Waals surface area contributed by atoms with Crippen LogP contribution in [0, 0.1) is 0 Å². The predicted octanol–water partition coefficient (Wildman–Crippen LogP) is 4.47. The summed E-state index contributed by atoms with van der Waals surface area (Å²) in [5.74, 6) is 0.717. The zero-order valence-electron chi connectivity index (χ0n) is 12.8. The van der Waals surface area contributed by atoms with E-state index in [2.05, 4.69) is 10.1 Å². The minimum absolute atomic E-state index is 0.179. The van der Waals surface area contributed by atoms with Gasteiger partial charge in [0.15, 0.2) is 17.2 Å². The van der Waals surface area contributed by atoms with Crippen LogP contribution in [0.1, 0.15) is 35.5 Å². The van der Waals surface area contributed by atoms with Gasteiger partial charge in [-0.2, -0.15) is 0 Å². The first-order valence-electron chi connectivity index (χ1n) is 7.44. The van der Waals surface area contributed by atoms with Gasteiger partial charge < -0.3 is 13.7 Å². The molecule has 0 unspecified atom stereocenters. The lowest BCUT2D eigenvalue weighted by molar-refractivity contribution is 0.0514. The highest BCUT2D eigenvalue weighted by molar-refractivity contribution is 6.42. The van der Waals surface area contributed by atoms with Crippen LogP contribution < -0.4 is 0 Å². The molecule has 0 aliphatic heterocycles. The summed E-state index contributed by atoms with van der Waals surface area (Å²) in [6, 6.07) is 4.91. The van der Waals surface area contributed by atoms with E-state index >= 15 is 0 Å². The molecule has 126 valence electrons. The van der Waals surface area contributed by atoms with Crippen molar-refractivity contribution in [1.82, 2.24) is 10.1 Å². The predicted molar refractivity (Wildman–Crippen MR) is 88.5 cm³/mol. The molecule has 0 amide bonds. The highest BCUT2D eigenvalue weighted by Crippen LogP contribution is 2.28. The number of oxazole rings is 1.